The van der Waals surface area contributed by atoms with Crippen molar-refractivity contribution in [1.29, 1.82) is 0 Å². The van der Waals surface area contributed by atoms with E-state index in [4.69, 9.17) is 10.2 Å². The molecule has 2 aromatic heterocycles. The summed E-state index contributed by atoms with van der Waals surface area (Å²) in [5.41, 5.74) is 5.48. The molecule has 0 aliphatic carbocycles. The molecule has 0 spiro atoms. The number of hydrogen-bond acceptors (Lipinski definition) is 5. The third kappa shape index (κ3) is 2.29. The number of aromatic nitrogens is 3. The molecule has 2 heterocycles. The maximum absolute atomic E-state index is 5.48. The van der Waals surface area contributed by atoms with Crippen LogP contribution >= 0.6 is 11.8 Å². The molecule has 0 amide bonds. The molecule has 0 saturated carbocycles. The Bertz CT molecular complexity index is 384. The van der Waals surface area contributed by atoms with Gasteiger partial charge in [0.05, 0.1) is 12.7 Å². The summed E-state index contributed by atoms with van der Waals surface area (Å²) in [5, 5.41) is 4.74. The van der Waals surface area contributed by atoms with Crippen LogP contribution in [0.4, 0.5) is 5.82 Å². The Hall–Kier alpha value is -1.43. The van der Waals surface area contributed by atoms with Crippen LogP contribution in [0.1, 0.15) is 0 Å². The van der Waals surface area contributed by atoms with E-state index in [1.807, 2.05) is 6.20 Å². The molecule has 2 rings (SSSR count). The van der Waals surface area contributed by atoms with Crippen molar-refractivity contribution in [1.82, 2.24) is 14.8 Å². The van der Waals surface area contributed by atoms with Gasteiger partial charge < -0.3 is 10.2 Å². The van der Waals surface area contributed by atoms with Crippen LogP contribution in [0, 0.1) is 0 Å². The lowest BCUT2D eigenvalue weighted by molar-refractivity contribution is 0.453. The quantitative estimate of drug-likeness (QED) is 0.769. The Morgan fingerprint density at radius 2 is 2.50 bits per heavy atom. The molecule has 14 heavy (non-hydrogen) atoms. The van der Waals surface area contributed by atoms with Crippen LogP contribution < -0.4 is 5.73 Å². The fourth-order valence-electron chi connectivity index (χ4n) is 1.01. The smallest absolute Gasteiger partial charge is 0.255 e. The third-order valence-electron chi connectivity index (χ3n) is 1.62. The predicted molar refractivity (Wildman–Crippen MR) is 53.9 cm³/mol. The number of rotatable bonds is 4. The highest BCUT2D eigenvalue weighted by Crippen LogP contribution is 2.14. The number of nitrogens with zero attached hydrogens (tertiary/aromatic N) is 3. The highest BCUT2D eigenvalue weighted by Gasteiger charge is 1.99. The number of anilines is 1. The summed E-state index contributed by atoms with van der Waals surface area (Å²) in [7, 11) is 0. The normalized spacial score (nSPS) is 10.6. The van der Waals surface area contributed by atoms with Gasteiger partial charge in [0, 0.05) is 11.9 Å². The lowest BCUT2D eigenvalue weighted by atomic mass is 10.7. The Morgan fingerprint density at radius 1 is 1.57 bits per heavy atom. The van der Waals surface area contributed by atoms with E-state index in [2.05, 4.69) is 10.1 Å². The number of thioether (sulfide) groups is 1. The highest BCUT2D eigenvalue weighted by atomic mass is 32.2. The second-order valence-corrected chi connectivity index (χ2v) is 3.70. The lowest BCUT2D eigenvalue weighted by Gasteiger charge is -1.98. The van der Waals surface area contributed by atoms with Gasteiger partial charge in [-0.3, -0.25) is 4.68 Å². The van der Waals surface area contributed by atoms with Crippen LogP contribution in [-0.4, -0.2) is 20.5 Å². The van der Waals surface area contributed by atoms with Crippen molar-refractivity contribution in [2.45, 2.75) is 11.8 Å². The molecule has 0 fully saturated rings. The van der Waals surface area contributed by atoms with Crippen molar-refractivity contribution in [2.24, 2.45) is 0 Å². The number of aryl methyl sites for hydroxylation is 1. The molecule has 5 nitrogen and oxygen atoms in total. The van der Waals surface area contributed by atoms with Gasteiger partial charge in [-0.1, -0.05) is 11.8 Å². The molecular formula is C8H10N4OS. The van der Waals surface area contributed by atoms with Gasteiger partial charge in [-0.15, -0.1) is 0 Å². The molecule has 6 heteroatoms. The molecule has 0 atom stereocenters. The fourth-order valence-corrected chi connectivity index (χ4v) is 1.72. The molecule has 0 aliphatic rings. The zero-order valence-corrected chi connectivity index (χ0v) is 8.28. The van der Waals surface area contributed by atoms with Gasteiger partial charge >= 0.3 is 0 Å². The van der Waals surface area contributed by atoms with Crippen LogP contribution in [0.25, 0.3) is 0 Å². The largest absolute Gasteiger partial charge is 0.440 e. The Labute approximate surface area is 85.3 Å². The maximum atomic E-state index is 5.48. The van der Waals surface area contributed by atoms with E-state index in [0.717, 1.165) is 12.3 Å². The van der Waals surface area contributed by atoms with E-state index in [1.165, 1.54) is 0 Å². The van der Waals surface area contributed by atoms with E-state index in [9.17, 15) is 0 Å². The van der Waals surface area contributed by atoms with Gasteiger partial charge in [-0.2, -0.15) is 5.10 Å². The van der Waals surface area contributed by atoms with Crippen molar-refractivity contribution in [2.75, 3.05) is 11.5 Å². The summed E-state index contributed by atoms with van der Waals surface area (Å²) in [6.45, 7) is 0.796. The number of oxazole rings is 1. The third-order valence-corrected chi connectivity index (χ3v) is 2.45. The Kier molecular flexibility index (Phi) is 2.73. The van der Waals surface area contributed by atoms with E-state index in [0.29, 0.717) is 11.0 Å². The molecule has 0 saturated heterocycles. The van der Waals surface area contributed by atoms with E-state index >= 15 is 0 Å². The Morgan fingerprint density at radius 3 is 3.14 bits per heavy atom. The van der Waals surface area contributed by atoms with Gasteiger partial charge in [0.2, 0.25) is 0 Å². The maximum Gasteiger partial charge on any atom is 0.255 e. The zero-order chi connectivity index (χ0) is 9.80. The standard InChI is InChI=1S/C8H10N4OS/c9-7-1-3-12(11-7)4-6-14-8-10-2-5-13-8/h1-3,5H,4,6H2,(H2,9,11). The summed E-state index contributed by atoms with van der Waals surface area (Å²) in [6.07, 6.45) is 5.05. The van der Waals surface area contributed by atoms with Crippen molar-refractivity contribution < 1.29 is 4.42 Å². The first kappa shape index (κ1) is 9.14. The minimum Gasteiger partial charge on any atom is -0.440 e. The number of nitrogen functional groups attached to an aromatic ring is 1. The van der Waals surface area contributed by atoms with Crippen LogP contribution in [-0.2, 0) is 6.54 Å². The van der Waals surface area contributed by atoms with Crippen molar-refractivity contribution in [3.63, 3.8) is 0 Å². The average Bonchev–Trinajstić information content (AvgIpc) is 2.77. The van der Waals surface area contributed by atoms with Gasteiger partial charge in [-0.05, 0) is 6.07 Å². The van der Waals surface area contributed by atoms with Gasteiger partial charge in [0.15, 0.2) is 0 Å². The molecule has 0 aromatic carbocycles. The first-order valence-electron chi connectivity index (χ1n) is 4.16. The molecule has 0 aliphatic heterocycles. The molecule has 74 valence electrons. The van der Waals surface area contributed by atoms with Gasteiger partial charge in [-0.25, -0.2) is 4.98 Å². The van der Waals surface area contributed by atoms with Crippen LogP contribution in [0.3, 0.4) is 0 Å². The number of hydrogen-bond donors (Lipinski definition) is 1. The van der Waals surface area contributed by atoms with Crippen molar-refractivity contribution in [3.8, 4) is 0 Å². The minimum absolute atomic E-state index is 0.547. The average molecular weight is 210 g/mol. The molecule has 0 unspecified atom stereocenters. The highest BCUT2D eigenvalue weighted by molar-refractivity contribution is 7.99. The molecule has 2 aromatic rings. The first-order valence-corrected chi connectivity index (χ1v) is 5.14. The zero-order valence-electron chi connectivity index (χ0n) is 7.46. The second kappa shape index (κ2) is 4.19. The van der Waals surface area contributed by atoms with Crippen molar-refractivity contribution in [3.05, 3.63) is 24.7 Å². The second-order valence-electron chi connectivity index (χ2n) is 2.65. The van der Waals surface area contributed by atoms with Crippen LogP contribution in [0.15, 0.2) is 34.4 Å². The van der Waals surface area contributed by atoms with Crippen LogP contribution in [0.2, 0.25) is 0 Å². The topological polar surface area (TPSA) is 69.9 Å². The Balaban J connectivity index is 1.78. The van der Waals surface area contributed by atoms with E-state index < -0.39 is 0 Å². The summed E-state index contributed by atoms with van der Waals surface area (Å²) < 4.78 is 6.87. The summed E-state index contributed by atoms with van der Waals surface area (Å²) >= 11 is 1.55. The monoisotopic (exact) mass is 210 g/mol. The fraction of sp³-hybridized carbons (Fsp3) is 0.250. The van der Waals surface area contributed by atoms with Gasteiger partial charge in [0.25, 0.3) is 5.22 Å². The van der Waals surface area contributed by atoms with E-state index in [1.54, 1.807) is 35.0 Å². The van der Waals surface area contributed by atoms with E-state index in [-0.39, 0.29) is 0 Å². The summed E-state index contributed by atoms with van der Waals surface area (Å²) in [4.78, 5) is 3.99. The molecule has 2 N–H and O–H groups in total. The van der Waals surface area contributed by atoms with Crippen molar-refractivity contribution >= 4 is 17.6 Å². The molecule has 0 radical (unpaired) electrons. The van der Waals surface area contributed by atoms with Gasteiger partial charge in [0.1, 0.15) is 12.1 Å². The molecule has 0 bridgehead atoms. The summed E-state index contributed by atoms with van der Waals surface area (Å²) in [6, 6.07) is 1.77. The summed E-state index contributed by atoms with van der Waals surface area (Å²) in [5.74, 6) is 1.41. The van der Waals surface area contributed by atoms with Crippen LogP contribution in [0.5, 0.6) is 0 Å². The predicted octanol–water partition coefficient (Wildman–Crippen LogP) is 1.25. The minimum atomic E-state index is 0.547. The SMILES string of the molecule is Nc1ccn(CCSc2ncco2)n1. The number of nitrogens with two attached hydrogens (primary N) is 1. The first-order chi connectivity index (χ1) is 6.84. The lowest BCUT2D eigenvalue weighted by Crippen LogP contribution is -2.01. The molecular weight excluding hydrogens is 200 g/mol.